The van der Waals surface area contributed by atoms with Gasteiger partial charge in [-0.05, 0) is 36.8 Å². The molecule has 1 aromatic rings. The molecule has 1 aliphatic carbocycles. The maximum absolute atomic E-state index is 9.62. The van der Waals surface area contributed by atoms with Crippen molar-refractivity contribution < 1.29 is 4.74 Å². The van der Waals surface area contributed by atoms with Gasteiger partial charge in [0, 0.05) is 12.5 Å². The highest BCUT2D eigenvalue weighted by atomic mass is 16.5. The number of ether oxygens (including phenoxy) is 1. The van der Waals surface area contributed by atoms with Gasteiger partial charge in [0.05, 0.1) is 18.1 Å². The Morgan fingerprint density at radius 3 is 2.82 bits per heavy atom. The third-order valence-corrected chi connectivity index (χ3v) is 4.40. The van der Waals surface area contributed by atoms with Gasteiger partial charge < -0.3 is 4.74 Å². The molecule has 2 nitrogen and oxygen atoms in total. The molecular formula is C15H17NO. The molecule has 2 atom stereocenters. The van der Waals surface area contributed by atoms with Crippen LogP contribution >= 0.6 is 0 Å². The lowest BCUT2D eigenvalue weighted by atomic mass is 9.65. The summed E-state index contributed by atoms with van der Waals surface area (Å²) < 4.78 is 5.47. The number of aryl methyl sites for hydroxylation is 1. The van der Waals surface area contributed by atoms with Gasteiger partial charge in [0.1, 0.15) is 0 Å². The van der Waals surface area contributed by atoms with E-state index >= 15 is 0 Å². The Morgan fingerprint density at radius 1 is 1.29 bits per heavy atom. The van der Waals surface area contributed by atoms with Gasteiger partial charge in [-0.2, -0.15) is 5.26 Å². The van der Waals surface area contributed by atoms with E-state index < -0.39 is 0 Å². The smallest absolute Gasteiger partial charge is 0.0697 e. The molecule has 17 heavy (non-hydrogen) atoms. The van der Waals surface area contributed by atoms with Gasteiger partial charge in [0.2, 0.25) is 0 Å². The maximum Gasteiger partial charge on any atom is 0.0697 e. The van der Waals surface area contributed by atoms with Gasteiger partial charge >= 0.3 is 0 Å². The van der Waals surface area contributed by atoms with Crippen molar-refractivity contribution in [2.45, 2.75) is 25.7 Å². The lowest BCUT2D eigenvalue weighted by Crippen LogP contribution is -2.35. The third kappa shape index (κ3) is 1.75. The van der Waals surface area contributed by atoms with Crippen LogP contribution in [-0.4, -0.2) is 13.2 Å². The second kappa shape index (κ2) is 4.16. The van der Waals surface area contributed by atoms with Gasteiger partial charge in [-0.1, -0.05) is 24.3 Å². The minimum Gasteiger partial charge on any atom is -0.381 e. The number of nitrogens with zero attached hydrogens (tertiary/aromatic N) is 1. The van der Waals surface area contributed by atoms with E-state index in [1.165, 1.54) is 11.1 Å². The fraction of sp³-hybridized carbons (Fsp3) is 0.533. The summed E-state index contributed by atoms with van der Waals surface area (Å²) in [7, 11) is 0. The first-order valence-corrected chi connectivity index (χ1v) is 6.40. The first-order chi connectivity index (χ1) is 8.34. The molecule has 1 fully saturated rings. The molecule has 1 heterocycles. The molecule has 2 heteroatoms. The van der Waals surface area contributed by atoms with E-state index in [0.29, 0.717) is 5.92 Å². The first kappa shape index (κ1) is 10.8. The predicted octanol–water partition coefficient (Wildman–Crippen LogP) is 2.72. The molecule has 0 amide bonds. The van der Waals surface area contributed by atoms with Crippen LogP contribution in [0.3, 0.4) is 0 Å². The van der Waals surface area contributed by atoms with Crippen molar-refractivity contribution in [2.75, 3.05) is 13.2 Å². The predicted molar refractivity (Wildman–Crippen MR) is 65.4 cm³/mol. The molecule has 1 aromatic carbocycles. The summed E-state index contributed by atoms with van der Waals surface area (Å²) in [6, 6.07) is 11.2. The second-order valence-corrected chi connectivity index (χ2v) is 5.27. The molecule has 88 valence electrons. The van der Waals surface area contributed by atoms with Crippen molar-refractivity contribution in [1.29, 1.82) is 5.26 Å². The standard InChI is InChI=1S/C15H17NO/c16-11-15(14-6-8-17-10-14)7-5-12-3-1-2-4-13(12)9-15/h1-4,14H,5-10H2. The molecule has 0 bridgehead atoms. The van der Waals surface area contributed by atoms with Crippen LogP contribution in [0.5, 0.6) is 0 Å². The molecule has 2 unspecified atom stereocenters. The minimum absolute atomic E-state index is 0.176. The van der Waals surface area contributed by atoms with E-state index in [9.17, 15) is 5.26 Å². The third-order valence-electron chi connectivity index (χ3n) is 4.40. The summed E-state index contributed by atoms with van der Waals surface area (Å²) in [4.78, 5) is 0. The van der Waals surface area contributed by atoms with Crippen molar-refractivity contribution >= 4 is 0 Å². The summed E-state index contributed by atoms with van der Waals surface area (Å²) in [6.07, 6.45) is 4.00. The van der Waals surface area contributed by atoms with Crippen molar-refractivity contribution in [3.63, 3.8) is 0 Å². The monoisotopic (exact) mass is 227 g/mol. The second-order valence-electron chi connectivity index (χ2n) is 5.27. The van der Waals surface area contributed by atoms with Crippen LogP contribution in [0.25, 0.3) is 0 Å². The normalized spacial score (nSPS) is 31.8. The quantitative estimate of drug-likeness (QED) is 0.739. The highest BCUT2D eigenvalue weighted by Crippen LogP contribution is 2.44. The number of fused-ring (bicyclic) bond motifs is 1. The summed E-state index contributed by atoms with van der Waals surface area (Å²) >= 11 is 0. The van der Waals surface area contributed by atoms with Crippen molar-refractivity contribution in [2.24, 2.45) is 11.3 Å². The maximum atomic E-state index is 9.62. The Labute approximate surface area is 102 Å². The fourth-order valence-corrected chi connectivity index (χ4v) is 3.27. The molecule has 3 rings (SSSR count). The summed E-state index contributed by atoms with van der Waals surface area (Å²) in [5.41, 5.74) is 2.62. The van der Waals surface area contributed by atoms with Crippen LogP contribution in [-0.2, 0) is 17.6 Å². The number of nitriles is 1. The van der Waals surface area contributed by atoms with Crippen LogP contribution in [0.4, 0.5) is 0 Å². The molecule has 1 aliphatic heterocycles. The largest absolute Gasteiger partial charge is 0.381 e. The van der Waals surface area contributed by atoms with E-state index in [2.05, 4.69) is 30.3 Å². The minimum atomic E-state index is -0.176. The molecule has 2 aliphatic rings. The molecule has 1 saturated heterocycles. The van der Waals surface area contributed by atoms with Crippen LogP contribution < -0.4 is 0 Å². The van der Waals surface area contributed by atoms with E-state index in [-0.39, 0.29) is 5.41 Å². The molecule has 0 spiro atoms. The van der Waals surface area contributed by atoms with Gasteiger partial charge in [-0.25, -0.2) is 0 Å². The topological polar surface area (TPSA) is 33.0 Å². The Balaban J connectivity index is 1.92. The van der Waals surface area contributed by atoms with Crippen molar-refractivity contribution in [3.05, 3.63) is 35.4 Å². The summed E-state index contributed by atoms with van der Waals surface area (Å²) in [5, 5.41) is 9.62. The lowest BCUT2D eigenvalue weighted by Gasteiger charge is -2.36. The zero-order chi connectivity index (χ0) is 11.7. The molecule has 0 N–H and O–H groups in total. The van der Waals surface area contributed by atoms with Crippen LogP contribution in [0.15, 0.2) is 24.3 Å². The Hall–Kier alpha value is -1.33. The fourth-order valence-electron chi connectivity index (χ4n) is 3.27. The average Bonchev–Trinajstić information content (AvgIpc) is 2.92. The highest BCUT2D eigenvalue weighted by molar-refractivity contribution is 5.33. The first-order valence-electron chi connectivity index (χ1n) is 6.40. The van der Waals surface area contributed by atoms with Crippen molar-refractivity contribution in [3.8, 4) is 6.07 Å². The van der Waals surface area contributed by atoms with E-state index in [0.717, 1.165) is 38.9 Å². The number of hydrogen-bond donors (Lipinski definition) is 0. The van der Waals surface area contributed by atoms with Gasteiger partial charge in [0.15, 0.2) is 0 Å². The van der Waals surface area contributed by atoms with Crippen LogP contribution in [0, 0.1) is 22.7 Å². The van der Waals surface area contributed by atoms with E-state index in [1.807, 2.05) is 0 Å². The number of benzene rings is 1. The Bertz CT molecular complexity index is 456. The lowest BCUT2D eigenvalue weighted by molar-refractivity contribution is 0.143. The summed E-state index contributed by atoms with van der Waals surface area (Å²) in [5.74, 6) is 0.431. The highest BCUT2D eigenvalue weighted by Gasteiger charge is 2.43. The molecule has 0 saturated carbocycles. The number of rotatable bonds is 1. The van der Waals surface area contributed by atoms with Crippen molar-refractivity contribution in [1.82, 2.24) is 0 Å². The zero-order valence-electron chi connectivity index (χ0n) is 9.98. The van der Waals surface area contributed by atoms with E-state index in [4.69, 9.17) is 4.74 Å². The van der Waals surface area contributed by atoms with Gasteiger partial charge in [0.25, 0.3) is 0 Å². The van der Waals surface area contributed by atoms with Crippen LogP contribution in [0.2, 0.25) is 0 Å². The molecule has 0 aromatic heterocycles. The number of hydrogen-bond acceptors (Lipinski definition) is 2. The van der Waals surface area contributed by atoms with Gasteiger partial charge in [-0.15, -0.1) is 0 Å². The van der Waals surface area contributed by atoms with E-state index in [1.54, 1.807) is 0 Å². The summed E-state index contributed by atoms with van der Waals surface area (Å²) in [6.45, 7) is 1.60. The SMILES string of the molecule is N#CC1(C2CCOC2)CCc2ccccc2C1. The Kier molecular flexibility index (Phi) is 2.64. The van der Waals surface area contributed by atoms with Crippen LogP contribution in [0.1, 0.15) is 24.0 Å². The Morgan fingerprint density at radius 2 is 2.12 bits per heavy atom. The molecule has 0 radical (unpaired) electrons. The molecular weight excluding hydrogens is 210 g/mol. The van der Waals surface area contributed by atoms with Gasteiger partial charge in [-0.3, -0.25) is 0 Å². The zero-order valence-corrected chi connectivity index (χ0v) is 9.98. The average molecular weight is 227 g/mol.